The van der Waals surface area contributed by atoms with E-state index in [-0.39, 0.29) is 11.9 Å². The van der Waals surface area contributed by atoms with Crippen molar-refractivity contribution in [3.05, 3.63) is 34.9 Å². The summed E-state index contributed by atoms with van der Waals surface area (Å²) in [6.45, 7) is 6.32. The van der Waals surface area contributed by atoms with Crippen molar-refractivity contribution < 1.29 is 4.79 Å². The molecule has 0 fully saturated rings. The van der Waals surface area contributed by atoms with Gasteiger partial charge in [0.1, 0.15) is 0 Å². The molecular weight excluding hydrogens is 260 g/mol. The SMILES string of the molecule is CCC(CC)(CN)C(=O)N[C@@H](C)c1cccc(Cl)c1. The maximum atomic E-state index is 12.4. The van der Waals surface area contributed by atoms with Crippen molar-refractivity contribution in [2.45, 2.75) is 39.7 Å². The molecule has 0 saturated heterocycles. The van der Waals surface area contributed by atoms with Crippen molar-refractivity contribution in [3.8, 4) is 0 Å². The summed E-state index contributed by atoms with van der Waals surface area (Å²) < 4.78 is 0. The van der Waals surface area contributed by atoms with E-state index >= 15 is 0 Å². The highest BCUT2D eigenvalue weighted by molar-refractivity contribution is 6.30. The summed E-state index contributed by atoms with van der Waals surface area (Å²) in [4.78, 5) is 12.4. The van der Waals surface area contributed by atoms with Crippen molar-refractivity contribution in [1.29, 1.82) is 0 Å². The fourth-order valence-electron chi connectivity index (χ4n) is 2.16. The van der Waals surface area contributed by atoms with Gasteiger partial charge in [0.15, 0.2) is 0 Å². The summed E-state index contributed by atoms with van der Waals surface area (Å²) in [6, 6.07) is 7.46. The largest absolute Gasteiger partial charge is 0.349 e. The van der Waals surface area contributed by atoms with E-state index in [1.165, 1.54) is 0 Å². The standard InChI is InChI=1S/C15H23ClN2O/c1-4-15(5-2,10-17)14(19)18-11(3)12-7-6-8-13(16)9-12/h6-9,11H,4-5,10,17H2,1-3H3,(H,18,19)/t11-/m0/s1. The molecule has 0 bridgehead atoms. The van der Waals surface area contributed by atoms with Gasteiger partial charge in [0.05, 0.1) is 11.5 Å². The molecule has 1 aromatic carbocycles. The van der Waals surface area contributed by atoms with E-state index < -0.39 is 5.41 Å². The van der Waals surface area contributed by atoms with Crippen LogP contribution in [-0.2, 0) is 4.79 Å². The van der Waals surface area contributed by atoms with Crippen LogP contribution in [0.1, 0.15) is 45.2 Å². The third kappa shape index (κ3) is 3.71. The van der Waals surface area contributed by atoms with E-state index in [2.05, 4.69) is 5.32 Å². The van der Waals surface area contributed by atoms with E-state index in [9.17, 15) is 4.79 Å². The Kier molecular flexibility index (Phi) is 5.83. The molecule has 19 heavy (non-hydrogen) atoms. The number of rotatable bonds is 6. The molecule has 0 radical (unpaired) electrons. The minimum absolute atomic E-state index is 0.0208. The molecule has 0 aromatic heterocycles. The molecule has 0 spiro atoms. The Morgan fingerprint density at radius 1 is 1.42 bits per heavy atom. The predicted octanol–water partition coefficient (Wildman–Crippen LogP) is 3.28. The van der Waals surface area contributed by atoms with E-state index in [4.69, 9.17) is 17.3 Å². The number of benzene rings is 1. The maximum Gasteiger partial charge on any atom is 0.227 e. The molecule has 0 heterocycles. The normalized spacial score (nSPS) is 13.1. The van der Waals surface area contributed by atoms with Gasteiger partial charge in [0.25, 0.3) is 0 Å². The van der Waals surface area contributed by atoms with Gasteiger partial charge < -0.3 is 11.1 Å². The molecule has 1 amide bonds. The van der Waals surface area contributed by atoms with E-state index in [0.29, 0.717) is 11.6 Å². The molecule has 4 heteroatoms. The van der Waals surface area contributed by atoms with Gasteiger partial charge in [-0.15, -0.1) is 0 Å². The molecule has 1 rings (SSSR count). The van der Waals surface area contributed by atoms with Gasteiger partial charge in [0.2, 0.25) is 5.91 Å². The minimum atomic E-state index is -0.465. The van der Waals surface area contributed by atoms with Crippen LogP contribution in [0, 0.1) is 5.41 Å². The zero-order valence-electron chi connectivity index (χ0n) is 11.9. The average Bonchev–Trinajstić information content (AvgIpc) is 2.41. The molecule has 0 unspecified atom stereocenters. The van der Waals surface area contributed by atoms with Crippen LogP contribution in [0.5, 0.6) is 0 Å². The summed E-state index contributed by atoms with van der Waals surface area (Å²) >= 11 is 5.96. The lowest BCUT2D eigenvalue weighted by Crippen LogP contribution is -2.46. The Bertz CT molecular complexity index is 422. The van der Waals surface area contributed by atoms with Crippen molar-refractivity contribution in [3.63, 3.8) is 0 Å². The maximum absolute atomic E-state index is 12.4. The van der Waals surface area contributed by atoms with Crippen molar-refractivity contribution in [1.82, 2.24) is 5.32 Å². The third-order valence-electron chi connectivity index (χ3n) is 3.92. The van der Waals surface area contributed by atoms with Crippen molar-refractivity contribution >= 4 is 17.5 Å². The molecule has 0 aliphatic carbocycles. The summed E-state index contributed by atoms with van der Waals surface area (Å²) in [6.07, 6.45) is 1.49. The lowest BCUT2D eigenvalue weighted by atomic mass is 9.81. The number of carbonyl (C=O) groups excluding carboxylic acids is 1. The lowest BCUT2D eigenvalue weighted by Gasteiger charge is -2.30. The summed E-state index contributed by atoms with van der Waals surface area (Å²) in [5, 5.41) is 3.72. The Morgan fingerprint density at radius 3 is 2.53 bits per heavy atom. The zero-order chi connectivity index (χ0) is 14.5. The van der Waals surface area contributed by atoms with Crippen LogP contribution in [0.2, 0.25) is 5.02 Å². The number of hydrogen-bond acceptors (Lipinski definition) is 2. The monoisotopic (exact) mass is 282 g/mol. The van der Waals surface area contributed by atoms with Gasteiger partial charge in [-0.3, -0.25) is 4.79 Å². The number of hydrogen-bond donors (Lipinski definition) is 2. The number of nitrogens with two attached hydrogens (primary N) is 1. The topological polar surface area (TPSA) is 55.1 Å². The second-order valence-corrected chi connectivity index (χ2v) is 5.38. The van der Waals surface area contributed by atoms with Crippen LogP contribution in [-0.4, -0.2) is 12.5 Å². The van der Waals surface area contributed by atoms with Gasteiger partial charge >= 0.3 is 0 Å². The van der Waals surface area contributed by atoms with Crippen LogP contribution in [0.25, 0.3) is 0 Å². The molecule has 3 N–H and O–H groups in total. The first-order valence-corrected chi connectivity index (χ1v) is 7.13. The lowest BCUT2D eigenvalue weighted by molar-refractivity contribution is -0.131. The smallest absolute Gasteiger partial charge is 0.227 e. The highest BCUT2D eigenvalue weighted by Gasteiger charge is 2.33. The number of amides is 1. The number of halogens is 1. The summed E-state index contributed by atoms with van der Waals surface area (Å²) in [5.74, 6) is 0.0208. The van der Waals surface area contributed by atoms with Crippen molar-refractivity contribution in [2.75, 3.05) is 6.54 Å². The Labute approximate surface area is 120 Å². The van der Waals surface area contributed by atoms with Gasteiger partial charge in [-0.2, -0.15) is 0 Å². The van der Waals surface area contributed by atoms with E-state index in [1.54, 1.807) is 0 Å². The molecule has 0 saturated carbocycles. The van der Waals surface area contributed by atoms with Crippen molar-refractivity contribution in [2.24, 2.45) is 11.1 Å². The average molecular weight is 283 g/mol. The van der Waals surface area contributed by atoms with Crippen LogP contribution < -0.4 is 11.1 Å². The molecule has 1 atom stereocenters. The first-order chi connectivity index (χ1) is 8.99. The second-order valence-electron chi connectivity index (χ2n) is 4.94. The molecule has 106 valence electrons. The van der Waals surface area contributed by atoms with E-state index in [1.807, 2.05) is 45.0 Å². The zero-order valence-corrected chi connectivity index (χ0v) is 12.6. The van der Waals surface area contributed by atoms with Crippen LogP contribution in [0.4, 0.5) is 0 Å². The first kappa shape index (κ1) is 16.0. The Morgan fingerprint density at radius 2 is 2.05 bits per heavy atom. The fourth-order valence-corrected chi connectivity index (χ4v) is 2.36. The molecule has 0 aliphatic heterocycles. The summed E-state index contributed by atoms with van der Waals surface area (Å²) in [7, 11) is 0. The highest BCUT2D eigenvalue weighted by Crippen LogP contribution is 2.27. The second kappa shape index (κ2) is 6.92. The molecule has 1 aromatic rings. The number of nitrogens with one attached hydrogen (secondary N) is 1. The third-order valence-corrected chi connectivity index (χ3v) is 4.16. The van der Waals surface area contributed by atoms with Gasteiger partial charge in [0, 0.05) is 11.6 Å². The van der Waals surface area contributed by atoms with Crippen LogP contribution in [0.15, 0.2) is 24.3 Å². The first-order valence-electron chi connectivity index (χ1n) is 6.75. The van der Waals surface area contributed by atoms with Gasteiger partial charge in [-0.05, 0) is 37.5 Å². The quantitative estimate of drug-likeness (QED) is 0.841. The van der Waals surface area contributed by atoms with Crippen LogP contribution >= 0.6 is 11.6 Å². The Balaban J connectivity index is 2.81. The highest BCUT2D eigenvalue weighted by atomic mass is 35.5. The molecule has 0 aliphatic rings. The Hall–Kier alpha value is -1.06. The van der Waals surface area contributed by atoms with Gasteiger partial charge in [-0.1, -0.05) is 37.6 Å². The predicted molar refractivity (Wildman–Crippen MR) is 80.1 cm³/mol. The minimum Gasteiger partial charge on any atom is -0.349 e. The fraction of sp³-hybridized carbons (Fsp3) is 0.533. The molecular formula is C15H23ClN2O. The summed E-state index contributed by atoms with van der Waals surface area (Å²) in [5.41, 5.74) is 6.32. The molecule has 3 nitrogen and oxygen atoms in total. The number of carbonyl (C=O) groups is 1. The van der Waals surface area contributed by atoms with Crippen LogP contribution in [0.3, 0.4) is 0 Å². The van der Waals surface area contributed by atoms with Gasteiger partial charge in [-0.25, -0.2) is 0 Å². The van der Waals surface area contributed by atoms with E-state index in [0.717, 1.165) is 18.4 Å².